The van der Waals surface area contributed by atoms with Gasteiger partial charge < -0.3 is 5.32 Å². The van der Waals surface area contributed by atoms with E-state index in [9.17, 15) is 0 Å². The number of hydrogen-bond acceptors (Lipinski definition) is 2. The molecule has 1 aliphatic heterocycles. The lowest BCUT2D eigenvalue weighted by Gasteiger charge is -2.35. The van der Waals surface area contributed by atoms with Gasteiger partial charge in [0, 0.05) is 35.8 Å². The first-order valence-corrected chi connectivity index (χ1v) is 8.59. The van der Waals surface area contributed by atoms with Gasteiger partial charge in [-0.1, -0.05) is 38.3 Å². The van der Waals surface area contributed by atoms with Gasteiger partial charge in [-0.15, -0.1) is 0 Å². The van der Waals surface area contributed by atoms with Crippen LogP contribution >= 0.6 is 22.6 Å². The number of unbranched alkanes of at least 4 members (excludes halogenated alkanes) is 2. The van der Waals surface area contributed by atoms with Crippen molar-refractivity contribution in [1.29, 1.82) is 0 Å². The SMILES string of the molecule is CCCCC[C@H](c1cccc(I)c1)N1CCNCC1. The van der Waals surface area contributed by atoms with E-state index in [0.717, 1.165) is 13.1 Å². The van der Waals surface area contributed by atoms with Crippen molar-refractivity contribution in [3.05, 3.63) is 33.4 Å². The van der Waals surface area contributed by atoms with E-state index in [4.69, 9.17) is 0 Å². The molecule has 1 atom stereocenters. The van der Waals surface area contributed by atoms with E-state index < -0.39 is 0 Å². The third-order valence-electron chi connectivity index (χ3n) is 3.91. The van der Waals surface area contributed by atoms with Gasteiger partial charge in [-0.3, -0.25) is 4.90 Å². The summed E-state index contributed by atoms with van der Waals surface area (Å²) in [5, 5.41) is 3.46. The predicted octanol–water partition coefficient (Wildman–Crippen LogP) is 3.82. The molecule has 0 radical (unpaired) electrons. The maximum absolute atomic E-state index is 3.46. The summed E-state index contributed by atoms with van der Waals surface area (Å²) >= 11 is 2.42. The number of piperazine rings is 1. The van der Waals surface area contributed by atoms with Crippen molar-refractivity contribution in [3.8, 4) is 0 Å². The van der Waals surface area contributed by atoms with Crippen LogP contribution in [0.1, 0.15) is 44.2 Å². The van der Waals surface area contributed by atoms with E-state index in [2.05, 4.69) is 64.0 Å². The van der Waals surface area contributed by atoms with E-state index in [0.29, 0.717) is 6.04 Å². The van der Waals surface area contributed by atoms with E-state index in [1.165, 1.54) is 47.9 Å². The van der Waals surface area contributed by atoms with Crippen molar-refractivity contribution >= 4 is 22.6 Å². The lowest BCUT2D eigenvalue weighted by atomic mass is 9.98. The first-order chi connectivity index (χ1) is 9.31. The molecule has 1 aromatic rings. The van der Waals surface area contributed by atoms with Crippen LogP contribution in [0.25, 0.3) is 0 Å². The van der Waals surface area contributed by atoms with E-state index in [-0.39, 0.29) is 0 Å². The minimum atomic E-state index is 0.614. The highest BCUT2D eigenvalue weighted by Crippen LogP contribution is 2.28. The summed E-state index contributed by atoms with van der Waals surface area (Å²) in [6, 6.07) is 9.67. The molecule has 1 fully saturated rings. The Hall–Kier alpha value is -0.130. The summed E-state index contributed by atoms with van der Waals surface area (Å²) in [5.74, 6) is 0. The van der Waals surface area contributed by atoms with Crippen LogP contribution in [0.4, 0.5) is 0 Å². The Kier molecular flexibility index (Phi) is 6.61. The van der Waals surface area contributed by atoms with Gasteiger partial charge in [-0.2, -0.15) is 0 Å². The fourth-order valence-corrected chi connectivity index (χ4v) is 3.42. The highest BCUT2D eigenvalue weighted by Gasteiger charge is 2.21. The monoisotopic (exact) mass is 372 g/mol. The minimum absolute atomic E-state index is 0.614. The van der Waals surface area contributed by atoms with Crippen molar-refractivity contribution in [2.24, 2.45) is 0 Å². The zero-order valence-electron chi connectivity index (χ0n) is 11.9. The molecule has 2 rings (SSSR count). The molecule has 1 aromatic carbocycles. The normalized spacial score (nSPS) is 18.4. The molecule has 0 aromatic heterocycles. The Labute approximate surface area is 131 Å². The molecular formula is C16H25IN2. The van der Waals surface area contributed by atoms with Crippen molar-refractivity contribution in [2.75, 3.05) is 26.2 Å². The number of nitrogens with one attached hydrogen (secondary N) is 1. The Morgan fingerprint density at radius 2 is 2.05 bits per heavy atom. The lowest BCUT2D eigenvalue weighted by Crippen LogP contribution is -2.45. The van der Waals surface area contributed by atoms with Crippen LogP contribution in [0.15, 0.2) is 24.3 Å². The minimum Gasteiger partial charge on any atom is -0.314 e. The third kappa shape index (κ3) is 4.72. The van der Waals surface area contributed by atoms with Gasteiger partial charge in [0.1, 0.15) is 0 Å². The van der Waals surface area contributed by atoms with Gasteiger partial charge in [0.15, 0.2) is 0 Å². The Balaban J connectivity index is 2.08. The van der Waals surface area contributed by atoms with Crippen molar-refractivity contribution < 1.29 is 0 Å². The quantitative estimate of drug-likeness (QED) is 0.603. The molecule has 1 saturated heterocycles. The number of benzene rings is 1. The Morgan fingerprint density at radius 1 is 1.26 bits per heavy atom. The summed E-state index contributed by atoms with van der Waals surface area (Å²) in [6.45, 7) is 6.91. The average molecular weight is 372 g/mol. The number of rotatable bonds is 6. The highest BCUT2D eigenvalue weighted by atomic mass is 127. The summed E-state index contributed by atoms with van der Waals surface area (Å²) in [5.41, 5.74) is 1.50. The van der Waals surface area contributed by atoms with Crippen molar-refractivity contribution in [3.63, 3.8) is 0 Å². The summed E-state index contributed by atoms with van der Waals surface area (Å²) in [4.78, 5) is 2.66. The molecule has 0 unspecified atom stereocenters. The zero-order valence-corrected chi connectivity index (χ0v) is 14.0. The maximum atomic E-state index is 3.46. The third-order valence-corrected chi connectivity index (χ3v) is 4.58. The molecule has 106 valence electrons. The van der Waals surface area contributed by atoms with Crippen LogP contribution in [0.5, 0.6) is 0 Å². The summed E-state index contributed by atoms with van der Waals surface area (Å²) in [6.07, 6.45) is 5.30. The van der Waals surface area contributed by atoms with Crippen LogP contribution in [0.2, 0.25) is 0 Å². The second kappa shape index (κ2) is 8.22. The van der Waals surface area contributed by atoms with Crippen molar-refractivity contribution in [1.82, 2.24) is 10.2 Å². The van der Waals surface area contributed by atoms with E-state index in [1.807, 2.05) is 0 Å². The van der Waals surface area contributed by atoms with Crippen LogP contribution in [-0.4, -0.2) is 31.1 Å². The zero-order chi connectivity index (χ0) is 13.5. The molecule has 0 aliphatic carbocycles. The van der Waals surface area contributed by atoms with Crippen molar-refractivity contribution in [2.45, 2.75) is 38.6 Å². The van der Waals surface area contributed by atoms with Gasteiger partial charge in [-0.25, -0.2) is 0 Å². The highest BCUT2D eigenvalue weighted by molar-refractivity contribution is 14.1. The topological polar surface area (TPSA) is 15.3 Å². The van der Waals surface area contributed by atoms with Gasteiger partial charge in [0.05, 0.1) is 0 Å². The largest absolute Gasteiger partial charge is 0.314 e. The van der Waals surface area contributed by atoms with E-state index >= 15 is 0 Å². The fraction of sp³-hybridized carbons (Fsp3) is 0.625. The van der Waals surface area contributed by atoms with Crippen LogP contribution in [0, 0.1) is 3.57 Å². The van der Waals surface area contributed by atoms with Gasteiger partial charge >= 0.3 is 0 Å². The number of hydrogen-bond donors (Lipinski definition) is 1. The summed E-state index contributed by atoms with van der Waals surface area (Å²) in [7, 11) is 0. The first-order valence-electron chi connectivity index (χ1n) is 7.51. The van der Waals surface area contributed by atoms with Gasteiger partial charge in [-0.05, 0) is 46.7 Å². The van der Waals surface area contributed by atoms with Crippen LogP contribution in [0.3, 0.4) is 0 Å². The molecule has 3 heteroatoms. The molecule has 2 nitrogen and oxygen atoms in total. The molecule has 0 bridgehead atoms. The number of halogens is 1. The van der Waals surface area contributed by atoms with Crippen LogP contribution in [-0.2, 0) is 0 Å². The number of nitrogens with zero attached hydrogens (tertiary/aromatic N) is 1. The Bertz CT molecular complexity index is 375. The molecule has 0 amide bonds. The Morgan fingerprint density at radius 3 is 2.74 bits per heavy atom. The van der Waals surface area contributed by atoms with Crippen LogP contribution < -0.4 is 5.32 Å². The fourth-order valence-electron chi connectivity index (χ4n) is 2.86. The molecule has 19 heavy (non-hydrogen) atoms. The summed E-state index contributed by atoms with van der Waals surface area (Å²) < 4.78 is 1.35. The average Bonchev–Trinajstić information content (AvgIpc) is 2.45. The predicted molar refractivity (Wildman–Crippen MR) is 90.5 cm³/mol. The first kappa shape index (κ1) is 15.3. The molecule has 0 saturated carbocycles. The van der Waals surface area contributed by atoms with Gasteiger partial charge in [0.2, 0.25) is 0 Å². The van der Waals surface area contributed by atoms with Gasteiger partial charge in [0.25, 0.3) is 0 Å². The molecule has 1 aliphatic rings. The smallest absolute Gasteiger partial charge is 0.0349 e. The lowest BCUT2D eigenvalue weighted by molar-refractivity contribution is 0.162. The molecule has 0 spiro atoms. The maximum Gasteiger partial charge on any atom is 0.0349 e. The van der Waals surface area contributed by atoms with E-state index in [1.54, 1.807) is 0 Å². The molecule has 1 N–H and O–H groups in total. The standard InChI is InChI=1S/C16H25IN2/c1-2-3-4-8-16(19-11-9-18-10-12-19)14-6-5-7-15(17)13-14/h5-7,13,16,18H,2-4,8-12H2,1H3/t16-/m1/s1. The molecular weight excluding hydrogens is 347 g/mol. The second-order valence-electron chi connectivity index (χ2n) is 5.35. The second-order valence-corrected chi connectivity index (χ2v) is 6.60. The molecule has 1 heterocycles.